The summed E-state index contributed by atoms with van der Waals surface area (Å²) in [4.78, 5) is 16.1. The van der Waals surface area contributed by atoms with Crippen molar-refractivity contribution in [3.8, 4) is 0 Å². The molecule has 0 aliphatic rings. The quantitative estimate of drug-likeness (QED) is 0.560. The number of hydrogen-bond acceptors (Lipinski definition) is 4. The lowest BCUT2D eigenvalue weighted by atomic mass is 10.1. The Morgan fingerprint density at radius 3 is 2.73 bits per heavy atom. The van der Waals surface area contributed by atoms with E-state index in [2.05, 4.69) is 31.9 Å². The first-order valence-electron chi connectivity index (χ1n) is 8.43. The molecule has 0 radical (unpaired) electrons. The van der Waals surface area contributed by atoms with Gasteiger partial charge in [-0.25, -0.2) is 4.68 Å². The van der Waals surface area contributed by atoms with Crippen molar-refractivity contribution in [1.29, 1.82) is 0 Å². The molecule has 26 heavy (non-hydrogen) atoms. The molecule has 2 heterocycles. The van der Waals surface area contributed by atoms with Crippen LogP contribution in [0.5, 0.6) is 0 Å². The Bertz CT molecular complexity index is 993. The molecule has 4 aromatic rings. The highest BCUT2D eigenvalue weighted by Crippen LogP contribution is 2.19. The number of benzene rings is 2. The molecule has 2 N–H and O–H groups in total. The molecule has 0 saturated heterocycles. The topological polar surface area (TPSA) is 88.5 Å². The third-order valence-electron chi connectivity index (χ3n) is 4.36. The van der Waals surface area contributed by atoms with E-state index in [0.29, 0.717) is 6.54 Å². The van der Waals surface area contributed by atoms with Gasteiger partial charge in [-0.05, 0) is 34.0 Å². The summed E-state index contributed by atoms with van der Waals surface area (Å²) in [5.41, 5.74) is 3.12. The Morgan fingerprint density at radius 2 is 1.92 bits per heavy atom. The van der Waals surface area contributed by atoms with Gasteiger partial charge in [0.15, 0.2) is 6.04 Å². The van der Waals surface area contributed by atoms with Gasteiger partial charge in [0.1, 0.15) is 6.33 Å². The Morgan fingerprint density at radius 1 is 1.12 bits per heavy atom. The third-order valence-corrected chi connectivity index (χ3v) is 4.36. The monoisotopic (exact) mass is 346 g/mol. The van der Waals surface area contributed by atoms with Gasteiger partial charge < -0.3 is 10.3 Å². The number of tetrazole rings is 1. The largest absolute Gasteiger partial charge is 0.361 e. The summed E-state index contributed by atoms with van der Waals surface area (Å²) in [5, 5.41) is 15.4. The maximum Gasteiger partial charge on any atom is 0.249 e. The summed E-state index contributed by atoms with van der Waals surface area (Å²) in [6, 6.07) is 17.0. The molecule has 1 amide bonds. The summed E-state index contributed by atoms with van der Waals surface area (Å²) >= 11 is 0. The number of fused-ring (bicyclic) bond motifs is 1. The number of hydrogen-bond donors (Lipinski definition) is 2. The van der Waals surface area contributed by atoms with Crippen LogP contribution in [0.3, 0.4) is 0 Å². The first-order chi connectivity index (χ1) is 12.8. The molecule has 0 aliphatic heterocycles. The minimum Gasteiger partial charge on any atom is -0.361 e. The fourth-order valence-electron chi connectivity index (χ4n) is 3.10. The SMILES string of the molecule is O=C(NCCc1c[nH]c2ccccc12)[C@@H](c1ccccc1)n1cnnn1. The number of aromatic amines is 1. The molecule has 0 bridgehead atoms. The van der Waals surface area contributed by atoms with Crippen LogP contribution in [-0.4, -0.2) is 37.6 Å². The number of para-hydroxylation sites is 1. The summed E-state index contributed by atoms with van der Waals surface area (Å²) in [6.07, 6.45) is 4.19. The van der Waals surface area contributed by atoms with Gasteiger partial charge in [0, 0.05) is 23.6 Å². The average molecular weight is 346 g/mol. The van der Waals surface area contributed by atoms with Crippen LogP contribution >= 0.6 is 0 Å². The van der Waals surface area contributed by atoms with Crippen LogP contribution in [0.25, 0.3) is 10.9 Å². The molecule has 7 nitrogen and oxygen atoms in total. The molecule has 7 heteroatoms. The Balaban J connectivity index is 1.47. The maximum absolute atomic E-state index is 12.8. The molecule has 0 aliphatic carbocycles. The number of aromatic nitrogens is 5. The van der Waals surface area contributed by atoms with Crippen LogP contribution in [0, 0.1) is 0 Å². The number of nitrogens with one attached hydrogen (secondary N) is 2. The second-order valence-corrected chi connectivity index (χ2v) is 6.00. The van der Waals surface area contributed by atoms with Crippen molar-refractivity contribution in [2.24, 2.45) is 0 Å². The first kappa shape index (κ1) is 16.0. The number of nitrogens with zero attached hydrogens (tertiary/aromatic N) is 4. The van der Waals surface area contributed by atoms with Crippen LogP contribution in [0.2, 0.25) is 0 Å². The van der Waals surface area contributed by atoms with E-state index in [4.69, 9.17) is 0 Å². The van der Waals surface area contributed by atoms with E-state index in [1.165, 1.54) is 22.0 Å². The predicted molar refractivity (Wildman–Crippen MR) is 97.4 cm³/mol. The fraction of sp³-hybridized carbons (Fsp3) is 0.158. The van der Waals surface area contributed by atoms with Gasteiger partial charge >= 0.3 is 0 Å². The van der Waals surface area contributed by atoms with E-state index < -0.39 is 6.04 Å². The first-order valence-corrected chi connectivity index (χ1v) is 8.43. The van der Waals surface area contributed by atoms with Gasteiger partial charge in [-0.2, -0.15) is 0 Å². The average Bonchev–Trinajstić information content (AvgIpc) is 3.34. The second kappa shape index (κ2) is 7.18. The zero-order chi connectivity index (χ0) is 17.8. The smallest absolute Gasteiger partial charge is 0.249 e. The van der Waals surface area contributed by atoms with Crippen molar-refractivity contribution in [3.05, 3.63) is 78.2 Å². The van der Waals surface area contributed by atoms with Gasteiger partial charge in [-0.3, -0.25) is 4.79 Å². The lowest BCUT2D eigenvalue weighted by molar-refractivity contribution is -0.123. The normalized spacial score (nSPS) is 12.2. The number of amides is 1. The van der Waals surface area contributed by atoms with Crippen LogP contribution in [0.4, 0.5) is 0 Å². The van der Waals surface area contributed by atoms with Crippen LogP contribution in [0.1, 0.15) is 17.2 Å². The second-order valence-electron chi connectivity index (χ2n) is 6.00. The van der Waals surface area contributed by atoms with Crippen LogP contribution < -0.4 is 5.32 Å². The Hall–Kier alpha value is -3.48. The molecule has 0 fully saturated rings. The Kier molecular flexibility index (Phi) is 4.42. The molecule has 4 rings (SSSR count). The third kappa shape index (κ3) is 3.19. The summed E-state index contributed by atoms with van der Waals surface area (Å²) in [7, 11) is 0. The summed E-state index contributed by atoms with van der Waals surface area (Å²) < 4.78 is 1.47. The van der Waals surface area contributed by atoms with E-state index in [-0.39, 0.29) is 5.91 Å². The Labute approximate surface area is 150 Å². The van der Waals surface area contributed by atoms with Crippen LogP contribution in [-0.2, 0) is 11.2 Å². The summed E-state index contributed by atoms with van der Waals surface area (Å²) in [6.45, 7) is 0.534. The molecule has 1 atom stereocenters. The van der Waals surface area contributed by atoms with Crippen molar-refractivity contribution in [3.63, 3.8) is 0 Å². The van der Waals surface area contributed by atoms with Crippen molar-refractivity contribution in [2.75, 3.05) is 6.54 Å². The molecular weight excluding hydrogens is 328 g/mol. The number of carbonyl (C=O) groups excluding carboxylic acids is 1. The zero-order valence-corrected chi connectivity index (χ0v) is 14.0. The molecule has 0 unspecified atom stereocenters. The zero-order valence-electron chi connectivity index (χ0n) is 14.0. The van der Waals surface area contributed by atoms with Gasteiger partial charge in [0.2, 0.25) is 5.91 Å². The maximum atomic E-state index is 12.8. The number of carbonyl (C=O) groups is 1. The molecule has 2 aromatic heterocycles. The minimum absolute atomic E-state index is 0.136. The van der Waals surface area contributed by atoms with E-state index in [1.54, 1.807) is 0 Å². The lowest BCUT2D eigenvalue weighted by Crippen LogP contribution is -2.34. The van der Waals surface area contributed by atoms with Crippen LogP contribution in [0.15, 0.2) is 67.1 Å². The standard InChI is InChI=1S/C19H18N6O/c26-19(18(25-13-22-23-24-25)14-6-2-1-3-7-14)20-11-10-15-12-21-17-9-5-4-8-16(15)17/h1-9,12-13,18,21H,10-11H2,(H,20,26)/t18-/m1/s1. The molecule has 0 saturated carbocycles. The molecular formula is C19H18N6O. The minimum atomic E-state index is -0.589. The highest BCUT2D eigenvalue weighted by atomic mass is 16.2. The van der Waals surface area contributed by atoms with Crippen molar-refractivity contribution in [2.45, 2.75) is 12.5 Å². The highest BCUT2D eigenvalue weighted by molar-refractivity contribution is 5.84. The van der Waals surface area contributed by atoms with Crippen molar-refractivity contribution in [1.82, 2.24) is 30.5 Å². The van der Waals surface area contributed by atoms with Gasteiger partial charge in [-0.15, -0.1) is 5.10 Å². The van der Waals surface area contributed by atoms with Gasteiger partial charge in [-0.1, -0.05) is 48.5 Å². The highest BCUT2D eigenvalue weighted by Gasteiger charge is 2.23. The van der Waals surface area contributed by atoms with E-state index >= 15 is 0 Å². The van der Waals surface area contributed by atoms with Crippen molar-refractivity contribution >= 4 is 16.8 Å². The fourth-order valence-corrected chi connectivity index (χ4v) is 3.10. The predicted octanol–water partition coefficient (Wildman–Crippen LogP) is 2.10. The molecule has 0 spiro atoms. The van der Waals surface area contributed by atoms with Gasteiger partial charge in [0.25, 0.3) is 0 Å². The molecule has 2 aromatic carbocycles. The van der Waals surface area contributed by atoms with E-state index in [0.717, 1.165) is 17.5 Å². The molecule has 130 valence electrons. The lowest BCUT2D eigenvalue weighted by Gasteiger charge is -2.16. The van der Waals surface area contributed by atoms with Gasteiger partial charge in [0.05, 0.1) is 0 Å². The number of H-pyrrole nitrogens is 1. The number of rotatable bonds is 6. The van der Waals surface area contributed by atoms with E-state index in [9.17, 15) is 4.79 Å². The summed E-state index contributed by atoms with van der Waals surface area (Å²) in [5.74, 6) is -0.136. The van der Waals surface area contributed by atoms with Crippen molar-refractivity contribution < 1.29 is 4.79 Å². The van der Waals surface area contributed by atoms with E-state index in [1.807, 2.05) is 54.7 Å².